The number of methoxy groups -OCH3 is 2. The first kappa shape index (κ1) is 31.2. The van der Waals surface area contributed by atoms with Crippen molar-refractivity contribution in [2.75, 3.05) is 60.3 Å². The molecule has 3 atom stereocenters. The summed E-state index contributed by atoms with van der Waals surface area (Å²) in [6, 6.07) is 10.3. The Bertz CT molecular complexity index is 1210. The number of carbonyl (C=O) groups excluding carboxylic acids is 1. The van der Waals surface area contributed by atoms with Crippen LogP contribution in [0.4, 0.5) is 0 Å². The lowest BCUT2D eigenvalue weighted by Gasteiger charge is -2.29. The molecule has 2 aliphatic rings. The maximum absolute atomic E-state index is 13.7. The first-order valence-corrected chi connectivity index (χ1v) is 14.6. The molecule has 42 heavy (non-hydrogen) atoms. The van der Waals surface area contributed by atoms with Gasteiger partial charge in [-0.3, -0.25) is 14.5 Å². The van der Waals surface area contributed by atoms with Crippen LogP contribution in [0.5, 0.6) is 28.7 Å². The van der Waals surface area contributed by atoms with Crippen molar-refractivity contribution in [3.63, 3.8) is 0 Å². The van der Waals surface area contributed by atoms with Crippen molar-refractivity contribution in [2.45, 2.75) is 44.6 Å². The summed E-state index contributed by atoms with van der Waals surface area (Å²) < 4.78 is 28.3. The van der Waals surface area contributed by atoms with Gasteiger partial charge < -0.3 is 39.4 Å². The van der Waals surface area contributed by atoms with Crippen LogP contribution < -0.4 is 29.4 Å². The molecule has 230 valence electrons. The van der Waals surface area contributed by atoms with E-state index in [1.54, 1.807) is 25.3 Å². The Morgan fingerprint density at radius 3 is 2.48 bits per heavy atom. The minimum atomic E-state index is -0.967. The number of unbranched alkanes of at least 4 members (excludes halogenated alkanes) is 2. The number of hydrogen-bond acceptors (Lipinski definition) is 9. The number of carbonyl (C=O) groups is 2. The van der Waals surface area contributed by atoms with Crippen LogP contribution in [-0.2, 0) is 9.59 Å². The zero-order valence-electron chi connectivity index (χ0n) is 24.8. The molecular weight excluding hydrogens is 542 g/mol. The molecule has 1 fully saturated rings. The fraction of sp³-hybridized carbons (Fsp3) is 0.548. The number of likely N-dealkylation sites (tertiary alicyclic amines) is 1. The topological polar surface area (TPSA) is 133 Å². The highest BCUT2D eigenvalue weighted by Crippen LogP contribution is 2.47. The largest absolute Gasteiger partial charge is 0.493 e. The summed E-state index contributed by atoms with van der Waals surface area (Å²) in [5, 5.41) is 10.6. The lowest BCUT2D eigenvalue weighted by Crippen LogP contribution is -2.46. The molecule has 2 aromatic rings. The van der Waals surface area contributed by atoms with E-state index in [2.05, 4.69) is 6.92 Å². The highest BCUT2D eigenvalue weighted by atomic mass is 16.7. The molecule has 0 radical (unpaired) electrons. The molecule has 4 rings (SSSR count). The quantitative estimate of drug-likeness (QED) is 0.283. The van der Waals surface area contributed by atoms with Gasteiger partial charge in [-0.2, -0.15) is 0 Å². The lowest BCUT2D eigenvalue weighted by atomic mass is 9.85. The number of rotatable bonds is 16. The summed E-state index contributed by atoms with van der Waals surface area (Å²) in [6.45, 7) is 4.49. The van der Waals surface area contributed by atoms with Gasteiger partial charge in [0.1, 0.15) is 6.61 Å². The first-order valence-electron chi connectivity index (χ1n) is 14.6. The number of amides is 1. The molecule has 3 N–H and O–H groups in total. The summed E-state index contributed by atoms with van der Waals surface area (Å²) >= 11 is 0. The van der Waals surface area contributed by atoms with Gasteiger partial charge in [0.25, 0.3) is 0 Å². The van der Waals surface area contributed by atoms with E-state index in [0.717, 1.165) is 31.2 Å². The number of hydrogen-bond donors (Lipinski definition) is 2. The Labute approximate surface area is 247 Å². The second-order valence-electron chi connectivity index (χ2n) is 10.6. The van der Waals surface area contributed by atoms with Crippen molar-refractivity contribution in [1.82, 2.24) is 9.80 Å². The van der Waals surface area contributed by atoms with Crippen LogP contribution in [0.15, 0.2) is 36.4 Å². The van der Waals surface area contributed by atoms with E-state index in [1.165, 1.54) is 7.11 Å². The number of carboxylic acids is 1. The molecule has 0 aliphatic carbocycles. The Balaban J connectivity index is 1.64. The van der Waals surface area contributed by atoms with Crippen molar-refractivity contribution in [1.29, 1.82) is 0 Å². The van der Waals surface area contributed by atoms with Gasteiger partial charge in [0.05, 0.1) is 32.7 Å². The molecule has 1 amide bonds. The minimum absolute atomic E-state index is 0.0316. The van der Waals surface area contributed by atoms with E-state index >= 15 is 0 Å². The standard InChI is InChI=1S/C31H43N3O8/c1-4-5-13-33(14-9-8-12-32)28(35)18-34-17-22(21-15-26(39-3)30-27(16-21)41-20-42-30)29(31(36)37)23(34)19-40-25-11-7-6-10-24(25)38-2/h6-7,10-11,15-16,22-23,29H,4-5,8-9,12-14,17-20,32H2,1-3H3,(H,36,37). The van der Waals surface area contributed by atoms with Crippen molar-refractivity contribution in [3.05, 3.63) is 42.0 Å². The Kier molecular flexibility index (Phi) is 11.1. The van der Waals surface area contributed by atoms with Crippen LogP contribution >= 0.6 is 0 Å². The molecular formula is C31H43N3O8. The average molecular weight is 586 g/mol. The molecule has 2 aliphatic heterocycles. The van der Waals surface area contributed by atoms with Gasteiger partial charge in [0.2, 0.25) is 18.4 Å². The Morgan fingerprint density at radius 1 is 1.05 bits per heavy atom. The van der Waals surface area contributed by atoms with Crippen LogP contribution in [0.2, 0.25) is 0 Å². The van der Waals surface area contributed by atoms with Crippen molar-refractivity contribution in [2.24, 2.45) is 11.7 Å². The van der Waals surface area contributed by atoms with Gasteiger partial charge in [-0.15, -0.1) is 0 Å². The van der Waals surface area contributed by atoms with Crippen LogP contribution in [-0.4, -0.2) is 93.2 Å². The number of fused-ring (bicyclic) bond motifs is 1. The summed E-state index contributed by atoms with van der Waals surface area (Å²) in [7, 11) is 3.09. The molecule has 0 saturated carbocycles. The molecule has 0 bridgehead atoms. The third-order valence-electron chi connectivity index (χ3n) is 7.98. The number of nitrogens with two attached hydrogens (primary N) is 1. The first-order chi connectivity index (χ1) is 20.4. The molecule has 1 saturated heterocycles. The molecule has 2 heterocycles. The number of nitrogens with zero attached hydrogens (tertiary/aromatic N) is 2. The SMILES string of the molecule is CCCCN(CCCCN)C(=O)CN1CC(c2cc(OC)c3c(c2)OCO3)C(C(=O)O)C1COc1ccccc1OC. The van der Waals surface area contributed by atoms with Crippen LogP contribution in [0.1, 0.15) is 44.1 Å². The second-order valence-corrected chi connectivity index (χ2v) is 10.6. The molecule has 11 nitrogen and oxygen atoms in total. The van der Waals surface area contributed by atoms with Gasteiger partial charge in [0, 0.05) is 25.6 Å². The molecule has 0 aromatic heterocycles. The van der Waals surface area contributed by atoms with E-state index < -0.39 is 23.8 Å². The van der Waals surface area contributed by atoms with Crippen LogP contribution in [0.25, 0.3) is 0 Å². The highest BCUT2D eigenvalue weighted by molar-refractivity contribution is 5.79. The monoisotopic (exact) mass is 585 g/mol. The number of benzene rings is 2. The second kappa shape index (κ2) is 15.0. The average Bonchev–Trinajstić information content (AvgIpc) is 3.62. The number of ether oxygens (including phenoxy) is 5. The normalized spacial score (nSPS) is 19.5. The number of carboxylic acid groups (broad SMARTS) is 1. The summed E-state index contributed by atoms with van der Waals surface area (Å²) in [6.07, 6.45) is 3.52. The third-order valence-corrected chi connectivity index (χ3v) is 7.98. The van der Waals surface area contributed by atoms with Crippen molar-refractivity contribution in [3.8, 4) is 28.7 Å². The fourth-order valence-electron chi connectivity index (χ4n) is 5.75. The van der Waals surface area contributed by atoms with E-state index in [0.29, 0.717) is 54.9 Å². The Hall–Kier alpha value is -3.70. The summed E-state index contributed by atoms with van der Waals surface area (Å²) in [5.41, 5.74) is 6.44. The van der Waals surface area contributed by atoms with Crippen molar-refractivity contribution >= 4 is 11.9 Å². The smallest absolute Gasteiger partial charge is 0.308 e. The predicted octanol–water partition coefficient (Wildman–Crippen LogP) is 3.35. The van der Waals surface area contributed by atoms with Crippen molar-refractivity contribution < 1.29 is 38.4 Å². The Morgan fingerprint density at radius 2 is 1.79 bits per heavy atom. The van der Waals surface area contributed by atoms with Gasteiger partial charge in [0.15, 0.2) is 23.0 Å². The maximum atomic E-state index is 13.7. The zero-order chi connectivity index (χ0) is 30.1. The molecule has 3 unspecified atom stereocenters. The molecule has 0 spiro atoms. The number of para-hydroxylation sites is 2. The van der Waals surface area contributed by atoms with E-state index in [1.807, 2.05) is 28.0 Å². The third kappa shape index (κ3) is 7.19. The van der Waals surface area contributed by atoms with Gasteiger partial charge >= 0.3 is 5.97 Å². The molecule has 11 heteroatoms. The fourth-order valence-corrected chi connectivity index (χ4v) is 5.75. The summed E-state index contributed by atoms with van der Waals surface area (Å²) in [5.74, 6) is 0.231. The highest BCUT2D eigenvalue weighted by Gasteiger charge is 2.48. The predicted molar refractivity (Wildman–Crippen MR) is 157 cm³/mol. The van der Waals surface area contributed by atoms with Gasteiger partial charge in [-0.1, -0.05) is 25.5 Å². The number of aliphatic carboxylic acids is 1. The van der Waals surface area contributed by atoms with Crippen LogP contribution in [0.3, 0.4) is 0 Å². The minimum Gasteiger partial charge on any atom is -0.493 e. The van der Waals surface area contributed by atoms with Gasteiger partial charge in [-0.05, 0) is 55.6 Å². The van der Waals surface area contributed by atoms with E-state index in [4.69, 9.17) is 29.4 Å². The van der Waals surface area contributed by atoms with Gasteiger partial charge in [-0.25, -0.2) is 0 Å². The zero-order valence-corrected chi connectivity index (χ0v) is 24.8. The van der Waals surface area contributed by atoms with E-state index in [9.17, 15) is 14.7 Å². The maximum Gasteiger partial charge on any atom is 0.308 e. The molecule has 2 aromatic carbocycles. The lowest BCUT2D eigenvalue weighted by molar-refractivity contribution is -0.144. The van der Waals surface area contributed by atoms with Crippen LogP contribution in [0, 0.1) is 5.92 Å². The van der Waals surface area contributed by atoms with E-state index in [-0.39, 0.29) is 25.9 Å². The summed E-state index contributed by atoms with van der Waals surface area (Å²) in [4.78, 5) is 30.4.